The van der Waals surface area contributed by atoms with Crippen molar-refractivity contribution >= 4 is 28.3 Å². The predicted molar refractivity (Wildman–Crippen MR) is 88.0 cm³/mol. The highest BCUT2D eigenvalue weighted by Crippen LogP contribution is 2.18. The summed E-state index contributed by atoms with van der Waals surface area (Å²) in [6.45, 7) is 3.43. The fraction of sp³-hybridized carbons (Fsp3) is 0.615. The van der Waals surface area contributed by atoms with Crippen LogP contribution in [0.25, 0.3) is 0 Å². The number of aliphatic imine (C=N–C) groups is 1. The number of hydrogen-bond donors (Lipinski definition) is 2. The molecule has 0 spiro atoms. The van der Waals surface area contributed by atoms with E-state index in [1.54, 1.807) is 30.3 Å². The lowest BCUT2D eigenvalue weighted by Crippen LogP contribution is -2.42. The third-order valence-electron chi connectivity index (χ3n) is 2.57. The van der Waals surface area contributed by atoms with E-state index in [0.29, 0.717) is 12.5 Å². The molecule has 0 saturated carbocycles. The average molecular weight is 312 g/mol. The molecule has 0 atom stereocenters. The second-order valence-corrected chi connectivity index (χ2v) is 5.69. The van der Waals surface area contributed by atoms with Gasteiger partial charge in [-0.25, -0.2) is 9.98 Å². The van der Waals surface area contributed by atoms with Crippen LogP contribution in [0.3, 0.4) is 0 Å². The largest absolute Gasteiger partial charge is 0.357 e. The minimum atomic E-state index is 0.00385. The van der Waals surface area contributed by atoms with Gasteiger partial charge in [0.1, 0.15) is 0 Å². The Bertz CT molecular complexity index is 483. The molecule has 0 aliphatic carbocycles. The summed E-state index contributed by atoms with van der Waals surface area (Å²) in [6.07, 6.45) is 0. The SMILES string of the molecule is CCNC(=NCc1csc(N(C)C)n1)NCC(=O)N(C)C. The average Bonchev–Trinajstić information content (AvgIpc) is 2.90. The second-order valence-electron chi connectivity index (χ2n) is 4.85. The number of hydrogen-bond acceptors (Lipinski definition) is 5. The first-order valence-electron chi connectivity index (χ1n) is 6.78. The van der Waals surface area contributed by atoms with Crippen LogP contribution in [-0.4, -0.2) is 63.0 Å². The molecule has 1 aromatic heterocycles. The number of aromatic nitrogens is 1. The summed E-state index contributed by atoms with van der Waals surface area (Å²) in [5, 5.41) is 9.08. The maximum atomic E-state index is 11.6. The van der Waals surface area contributed by atoms with Gasteiger partial charge in [0.15, 0.2) is 11.1 Å². The molecule has 8 heteroatoms. The summed E-state index contributed by atoms with van der Waals surface area (Å²) in [6, 6.07) is 0. The molecule has 1 aromatic rings. The van der Waals surface area contributed by atoms with E-state index in [2.05, 4.69) is 20.6 Å². The monoisotopic (exact) mass is 312 g/mol. The van der Waals surface area contributed by atoms with Gasteiger partial charge >= 0.3 is 0 Å². The van der Waals surface area contributed by atoms with Gasteiger partial charge in [-0.05, 0) is 6.92 Å². The van der Waals surface area contributed by atoms with Crippen LogP contribution in [-0.2, 0) is 11.3 Å². The predicted octanol–water partition coefficient (Wildman–Crippen LogP) is 0.352. The topological polar surface area (TPSA) is 72.9 Å². The van der Waals surface area contributed by atoms with Gasteiger partial charge in [0.05, 0.1) is 18.8 Å². The maximum Gasteiger partial charge on any atom is 0.241 e. The molecule has 0 aromatic carbocycles. The molecular formula is C13H24N6OS. The van der Waals surface area contributed by atoms with Crippen LogP contribution in [0.5, 0.6) is 0 Å². The van der Waals surface area contributed by atoms with E-state index < -0.39 is 0 Å². The quantitative estimate of drug-likeness (QED) is 0.586. The van der Waals surface area contributed by atoms with Gasteiger partial charge in [-0.15, -0.1) is 11.3 Å². The third kappa shape index (κ3) is 5.99. The number of anilines is 1. The van der Waals surface area contributed by atoms with Crippen molar-refractivity contribution in [2.45, 2.75) is 13.5 Å². The first kappa shape index (κ1) is 17.2. The second kappa shape index (κ2) is 8.46. The highest BCUT2D eigenvalue weighted by molar-refractivity contribution is 7.13. The van der Waals surface area contributed by atoms with Crippen molar-refractivity contribution in [2.75, 3.05) is 46.2 Å². The normalized spacial score (nSPS) is 11.2. The van der Waals surface area contributed by atoms with Crippen molar-refractivity contribution < 1.29 is 4.79 Å². The highest BCUT2D eigenvalue weighted by Gasteiger charge is 2.06. The summed E-state index contributed by atoms with van der Waals surface area (Å²) in [5.74, 6) is 0.622. The van der Waals surface area contributed by atoms with Crippen LogP contribution in [0.4, 0.5) is 5.13 Å². The van der Waals surface area contributed by atoms with Crippen LogP contribution in [0.15, 0.2) is 10.4 Å². The number of nitrogens with zero attached hydrogens (tertiary/aromatic N) is 4. The van der Waals surface area contributed by atoms with E-state index in [9.17, 15) is 4.79 Å². The van der Waals surface area contributed by atoms with Crippen molar-refractivity contribution in [2.24, 2.45) is 4.99 Å². The summed E-state index contributed by atoms with van der Waals surface area (Å²) in [4.78, 5) is 24.0. The van der Waals surface area contributed by atoms with Crippen molar-refractivity contribution in [1.82, 2.24) is 20.5 Å². The molecule has 0 fully saturated rings. The van der Waals surface area contributed by atoms with Crippen LogP contribution in [0, 0.1) is 0 Å². The molecular weight excluding hydrogens is 288 g/mol. The Morgan fingerprint density at radius 1 is 1.33 bits per heavy atom. The molecule has 0 bridgehead atoms. The molecule has 1 rings (SSSR count). The molecule has 7 nitrogen and oxygen atoms in total. The van der Waals surface area contributed by atoms with E-state index in [1.807, 2.05) is 31.3 Å². The molecule has 0 aliphatic heterocycles. The Hall–Kier alpha value is -1.83. The Morgan fingerprint density at radius 3 is 2.57 bits per heavy atom. The molecule has 0 saturated heterocycles. The van der Waals surface area contributed by atoms with Gasteiger partial charge in [-0.1, -0.05) is 0 Å². The van der Waals surface area contributed by atoms with Crippen molar-refractivity contribution in [1.29, 1.82) is 0 Å². The lowest BCUT2D eigenvalue weighted by atomic mass is 10.5. The molecule has 21 heavy (non-hydrogen) atoms. The van der Waals surface area contributed by atoms with E-state index in [1.165, 1.54) is 0 Å². The zero-order valence-electron chi connectivity index (χ0n) is 13.3. The Balaban J connectivity index is 2.59. The number of guanidine groups is 1. The third-order valence-corrected chi connectivity index (χ3v) is 3.63. The van der Waals surface area contributed by atoms with Gasteiger partial charge in [-0.3, -0.25) is 4.79 Å². The van der Waals surface area contributed by atoms with Gasteiger partial charge in [0.25, 0.3) is 0 Å². The molecule has 2 N–H and O–H groups in total. The Morgan fingerprint density at radius 2 is 2.05 bits per heavy atom. The van der Waals surface area contributed by atoms with Crippen LogP contribution in [0.2, 0.25) is 0 Å². The van der Waals surface area contributed by atoms with Crippen molar-refractivity contribution in [3.05, 3.63) is 11.1 Å². The zero-order chi connectivity index (χ0) is 15.8. The molecule has 0 aliphatic rings. The molecule has 118 valence electrons. The number of thiazole rings is 1. The maximum absolute atomic E-state index is 11.6. The summed E-state index contributed by atoms with van der Waals surface area (Å²) >= 11 is 1.59. The Labute approximate surface area is 130 Å². The van der Waals surface area contributed by atoms with Crippen LogP contribution in [0.1, 0.15) is 12.6 Å². The number of likely N-dealkylation sites (N-methyl/N-ethyl adjacent to an activating group) is 1. The Kier molecular flexibility index (Phi) is 6.93. The number of amides is 1. The minimum Gasteiger partial charge on any atom is -0.357 e. The fourth-order valence-electron chi connectivity index (χ4n) is 1.39. The van der Waals surface area contributed by atoms with Crippen molar-refractivity contribution in [3.8, 4) is 0 Å². The standard InChI is InChI=1S/C13H24N6OS/c1-6-14-12(16-8-11(20)18(2)3)15-7-10-9-21-13(17-10)19(4)5/h9H,6-8H2,1-5H3,(H2,14,15,16). The van der Waals surface area contributed by atoms with Crippen LogP contribution >= 0.6 is 11.3 Å². The molecule has 0 unspecified atom stereocenters. The van der Waals surface area contributed by atoms with Crippen LogP contribution < -0.4 is 15.5 Å². The van der Waals surface area contributed by atoms with Gasteiger partial charge in [-0.2, -0.15) is 0 Å². The first-order valence-corrected chi connectivity index (χ1v) is 7.66. The van der Waals surface area contributed by atoms with E-state index in [0.717, 1.165) is 17.4 Å². The summed E-state index contributed by atoms with van der Waals surface area (Å²) in [7, 11) is 7.38. The van der Waals surface area contributed by atoms with Gasteiger partial charge in [0, 0.05) is 40.1 Å². The zero-order valence-corrected chi connectivity index (χ0v) is 14.1. The molecule has 1 heterocycles. The van der Waals surface area contributed by atoms with E-state index in [-0.39, 0.29) is 12.5 Å². The molecule has 0 radical (unpaired) electrons. The fourth-order valence-corrected chi connectivity index (χ4v) is 2.14. The number of rotatable bonds is 6. The summed E-state index contributed by atoms with van der Waals surface area (Å²) < 4.78 is 0. The van der Waals surface area contributed by atoms with Crippen molar-refractivity contribution in [3.63, 3.8) is 0 Å². The highest BCUT2D eigenvalue weighted by atomic mass is 32.1. The number of nitrogens with one attached hydrogen (secondary N) is 2. The van der Waals surface area contributed by atoms with Gasteiger partial charge in [0.2, 0.25) is 5.91 Å². The lowest BCUT2D eigenvalue weighted by Gasteiger charge is -2.13. The van der Waals surface area contributed by atoms with E-state index >= 15 is 0 Å². The number of carbonyl (C=O) groups excluding carboxylic acids is 1. The first-order chi connectivity index (χ1) is 9.93. The molecule has 1 amide bonds. The lowest BCUT2D eigenvalue weighted by molar-refractivity contribution is -0.127. The number of carbonyl (C=O) groups is 1. The summed E-state index contributed by atoms with van der Waals surface area (Å²) in [5.41, 5.74) is 0.917. The van der Waals surface area contributed by atoms with E-state index in [4.69, 9.17) is 0 Å². The smallest absolute Gasteiger partial charge is 0.241 e. The minimum absolute atomic E-state index is 0.00385. The van der Waals surface area contributed by atoms with Gasteiger partial charge < -0.3 is 20.4 Å².